The van der Waals surface area contributed by atoms with Crippen molar-refractivity contribution in [3.05, 3.63) is 0 Å². The lowest BCUT2D eigenvalue weighted by Gasteiger charge is -2.21. The van der Waals surface area contributed by atoms with Crippen LogP contribution in [0.15, 0.2) is 0 Å². The van der Waals surface area contributed by atoms with Crippen molar-refractivity contribution in [3.63, 3.8) is 0 Å². The van der Waals surface area contributed by atoms with Gasteiger partial charge in [-0.2, -0.15) is 0 Å². The Bertz CT molecular complexity index is 137. The third kappa shape index (κ3) is 1.44. The quantitative estimate of drug-likeness (QED) is 0.587. The Hall–Kier alpha value is -0.640. The first-order valence-corrected chi connectivity index (χ1v) is 3.16. The van der Waals surface area contributed by atoms with Crippen LogP contribution in [0.5, 0.6) is 0 Å². The number of alkyl halides is 1. The van der Waals surface area contributed by atoms with E-state index in [4.69, 9.17) is 9.84 Å². The third-order valence-electron chi connectivity index (χ3n) is 1.59. The topological polar surface area (TPSA) is 46.5 Å². The van der Waals surface area contributed by atoms with Crippen LogP contribution in [-0.4, -0.2) is 30.5 Å². The van der Waals surface area contributed by atoms with Crippen LogP contribution in [0.2, 0.25) is 0 Å². The summed E-state index contributed by atoms with van der Waals surface area (Å²) in [5.74, 6) is -2.05. The molecule has 0 aliphatic carbocycles. The molecule has 0 aromatic heterocycles. The monoisotopic (exact) mass is 148 g/mol. The minimum atomic E-state index is -1.23. The Morgan fingerprint density at radius 3 is 2.80 bits per heavy atom. The molecule has 0 amide bonds. The van der Waals surface area contributed by atoms with E-state index in [1.807, 2.05) is 0 Å². The van der Waals surface area contributed by atoms with Gasteiger partial charge in [0.25, 0.3) is 0 Å². The van der Waals surface area contributed by atoms with E-state index in [-0.39, 0.29) is 13.0 Å². The number of hydrogen-bond acceptors (Lipinski definition) is 2. The molecular formula is C6H9FO3. The molecule has 2 atom stereocenters. The highest BCUT2D eigenvalue weighted by Gasteiger charge is 2.31. The normalized spacial score (nSPS) is 33.7. The van der Waals surface area contributed by atoms with E-state index in [1.165, 1.54) is 0 Å². The molecule has 1 rings (SSSR count). The van der Waals surface area contributed by atoms with Crippen molar-refractivity contribution in [1.82, 2.24) is 0 Å². The highest BCUT2D eigenvalue weighted by Crippen LogP contribution is 2.17. The van der Waals surface area contributed by atoms with Gasteiger partial charge in [0.1, 0.15) is 12.1 Å². The van der Waals surface area contributed by atoms with Gasteiger partial charge >= 0.3 is 5.97 Å². The first-order valence-electron chi connectivity index (χ1n) is 3.16. The van der Waals surface area contributed by atoms with E-state index in [0.29, 0.717) is 6.61 Å². The van der Waals surface area contributed by atoms with Gasteiger partial charge in [0.05, 0.1) is 6.61 Å². The van der Waals surface area contributed by atoms with Crippen molar-refractivity contribution in [2.24, 2.45) is 5.92 Å². The lowest BCUT2D eigenvalue weighted by atomic mass is 10.0. The summed E-state index contributed by atoms with van der Waals surface area (Å²) in [4.78, 5) is 10.2. The van der Waals surface area contributed by atoms with Gasteiger partial charge in [-0.25, -0.2) is 4.39 Å². The van der Waals surface area contributed by atoms with Crippen LogP contribution >= 0.6 is 0 Å². The molecule has 1 aliphatic rings. The maximum atomic E-state index is 12.6. The highest BCUT2D eigenvalue weighted by molar-refractivity contribution is 5.70. The van der Waals surface area contributed by atoms with Crippen LogP contribution in [0.4, 0.5) is 4.39 Å². The average molecular weight is 148 g/mol. The molecular weight excluding hydrogens is 139 g/mol. The minimum absolute atomic E-state index is 0.0104. The molecule has 1 heterocycles. The zero-order valence-electron chi connectivity index (χ0n) is 5.42. The van der Waals surface area contributed by atoms with Crippen molar-refractivity contribution < 1.29 is 19.0 Å². The standard InChI is InChI=1S/C6H9FO3/c7-5-1-2-10-3-4(5)6(8)9/h4-5H,1-3H2,(H,8,9)/t4-,5+/m0/s1. The van der Waals surface area contributed by atoms with Gasteiger partial charge in [0.2, 0.25) is 0 Å². The average Bonchev–Trinajstić information content (AvgIpc) is 1.88. The van der Waals surface area contributed by atoms with Crippen molar-refractivity contribution in [2.45, 2.75) is 12.6 Å². The summed E-state index contributed by atoms with van der Waals surface area (Å²) in [6, 6.07) is 0. The molecule has 4 heteroatoms. The minimum Gasteiger partial charge on any atom is -0.481 e. The Kier molecular flexibility index (Phi) is 2.21. The molecule has 10 heavy (non-hydrogen) atoms. The summed E-state index contributed by atoms with van der Waals surface area (Å²) in [6.07, 6.45) is -1.03. The van der Waals surface area contributed by atoms with Crippen LogP contribution < -0.4 is 0 Å². The van der Waals surface area contributed by atoms with E-state index in [9.17, 15) is 9.18 Å². The number of ether oxygens (including phenoxy) is 1. The van der Waals surface area contributed by atoms with Crippen LogP contribution in [-0.2, 0) is 9.53 Å². The summed E-state index contributed by atoms with van der Waals surface area (Å²) >= 11 is 0. The molecule has 0 aromatic rings. The molecule has 0 spiro atoms. The predicted molar refractivity (Wildman–Crippen MR) is 31.5 cm³/mol. The molecule has 1 aliphatic heterocycles. The van der Waals surface area contributed by atoms with Gasteiger partial charge in [-0.15, -0.1) is 0 Å². The molecule has 1 fully saturated rings. The van der Waals surface area contributed by atoms with Crippen LogP contribution in [0, 0.1) is 5.92 Å². The van der Waals surface area contributed by atoms with Gasteiger partial charge in [-0.05, 0) is 0 Å². The van der Waals surface area contributed by atoms with E-state index < -0.39 is 18.1 Å². The van der Waals surface area contributed by atoms with Crippen molar-refractivity contribution in [1.29, 1.82) is 0 Å². The van der Waals surface area contributed by atoms with Crippen LogP contribution in [0.3, 0.4) is 0 Å². The first-order chi connectivity index (χ1) is 4.72. The fourth-order valence-electron chi connectivity index (χ4n) is 0.938. The number of aliphatic carboxylic acids is 1. The third-order valence-corrected chi connectivity index (χ3v) is 1.59. The molecule has 0 radical (unpaired) electrons. The van der Waals surface area contributed by atoms with E-state index in [0.717, 1.165) is 0 Å². The molecule has 3 nitrogen and oxygen atoms in total. The smallest absolute Gasteiger partial charge is 0.311 e. The number of halogens is 1. The highest BCUT2D eigenvalue weighted by atomic mass is 19.1. The largest absolute Gasteiger partial charge is 0.481 e. The zero-order valence-corrected chi connectivity index (χ0v) is 5.42. The summed E-state index contributed by atoms with van der Waals surface area (Å²) in [6.45, 7) is 0.349. The Labute approximate surface area is 57.8 Å². The second kappa shape index (κ2) is 2.96. The fourth-order valence-corrected chi connectivity index (χ4v) is 0.938. The number of rotatable bonds is 1. The van der Waals surface area contributed by atoms with Crippen molar-refractivity contribution in [3.8, 4) is 0 Å². The van der Waals surface area contributed by atoms with Crippen LogP contribution in [0.1, 0.15) is 6.42 Å². The Morgan fingerprint density at radius 1 is 1.70 bits per heavy atom. The molecule has 0 aromatic carbocycles. The van der Waals surface area contributed by atoms with Gasteiger partial charge in [0, 0.05) is 13.0 Å². The number of carbonyl (C=O) groups is 1. The molecule has 0 unspecified atom stereocenters. The fraction of sp³-hybridized carbons (Fsp3) is 0.833. The van der Waals surface area contributed by atoms with Gasteiger partial charge in [-0.1, -0.05) is 0 Å². The van der Waals surface area contributed by atoms with Gasteiger partial charge < -0.3 is 9.84 Å². The van der Waals surface area contributed by atoms with Crippen molar-refractivity contribution in [2.75, 3.05) is 13.2 Å². The van der Waals surface area contributed by atoms with Gasteiger partial charge in [-0.3, -0.25) is 4.79 Å². The summed E-state index contributed by atoms with van der Waals surface area (Å²) < 4.78 is 17.4. The number of hydrogen-bond donors (Lipinski definition) is 1. The molecule has 0 saturated carbocycles. The maximum absolute atomic E-state index is 12.6. The summed E-state index contributed by atoms with van der Waals surface area (Å²) in [5.41, 5.74) is 0. The SMILES string of the molecule is O=C(O)[C@H]1COCC[C@H]1F. The Balaban J connectivity index is 2.47. The lowest BCUT2D eigenvalue weighted by molar-refractivity contribution is -0.150. The second-order valence-corrected chi connectivity index (χ2v) is 2.32. The predicted octanol–water partition coefficient (Wildman–Crippen LogP) is 0.446. The van der Waals surface area contributed by atoms with Gasteiger partial charge in [0.15, 0.2) is 0 Å². The van der Waals surface area contributed by atoms with E-state index >= 15 is 0 Å². The number of carboxylic acids is 1. The summed E-state index contributed by atoms with van der Waals surface area (Å²) in [5, 5.41) is 8.39. The molecule has 1 N–H and O–H groups in total. The molecule has 58 valence electrons. The van der Waals surface area contributed by atoms with E-state index in [2.05, 4.69) is 0 Å². The lowest BCUT2D eigenvalue weighted by Crippen LogP contribution is -2.34. The Morgan fingerprint density at radius 2 is 2.40 bits per heavy atom. The second-order valence-electron chi connectivity index (χ2n) is 2.32. The van der Waals surface area contributed by atoms with Crippen LogP contribution in [0.25, 0.3) is 0 Å². The van der Waals surface area contributed by atoms with Crippen molar-refractivity contribution >= 4 is 5.97 Å². The number of carboxylic acid groups (broad SMARTS) is 1. The summed E-state index contributed by atoms with van der Waals surface area (Å²) in [7, 11) is 0. The van der Waals surface area contributed by atoms with E-state index in [1.54, 1.807) is 0 Å². The zero-order chi connectivity index (χ0) is 7.56. The maximum Gasteiger partial charge on any atom is 0.311 e. The molecule has 1 saturated heterocycles. The first kappa shape index (κ1) is 7.47. The molecule has 0 bridgehead atoms.